The minimum Gasteiger partial charge on any atom is -0.334 e. The number of piperidine rings is 1. The molecule has 0 bridgehead atoms. The van der Waals surface area contributed by atoms with Gasteiger partial charge in [-0.2, -0.15) is 0 Å². The molecule has 1 aliphatic rings. The maximum Gasteiger partial charge on any atom is 0.183 e. The highest BCUT2D eigenvalue weighted by Gasteiger charge is 2.22. The van der Waals surface area contributed by atoms with Crippen LogP contribution in [0.4, 0.5) is 0 Å². The number of benzene rings is 1. The fraction of sp³-hybridized carbons (Fsp3) is 0.571. The van der Waals surface area contributed by atoms with E-state index in [1.807, 2.05) is 6.07 Å². The van der Waals surface area contributed by atoms with Crippen LogP contribution in [0.1, 0.15) is 19.8 Å². The van der Waals surface area contributed by atoms with Crippen molar-refractivity contribution >= 4 is 9.84 Å². The predicted octanol–water partition coefficient (Wildman–Crippen LogP) is 0.775. The van der Waals surface area contributed by atoms with Gasteiger partial charge in [-0.1, -0.05) is 25.1 Å². The van der Waals surface area contributed by atoms with E-state index in [2.05, 4.69) is 6.92 Å². The molecule has 0 amide bonds. The standard InChI is InChI=1S/C14H21NO2S/c1-13-6-5-9-15(12-13)10-11-18(16,17)14-7-3-2-4-8-14/h2-4,7-8,13H,5-6,9-12H2,1H3/p+1/t13-/m1/s1. The van der Waals surface area contributed by atoms with Gasteiger partial charge in [0.15, 0.2) is 9.84 Å². The van der Waals surface area contributed by atoms with E-state index in [0.717, 1.165) is 25.6 Å². The summed E-state index contributed by atoms with van der Waals surface area (Å²) >= 11 is 0. The molecule has 1 N–H and O–H groups in total. The molecule has 1 saturated heterocycles. The summed E-state index contributed by atoms with van der Waals surface area (Å²) in [6.07, 6.45) is 2.51. The van der Waals surface area contributed by atoms with Gasteiger partial charge >= 0.3 is 0 Å². The van der Waals surface area contributed by atoms with Crippen LogP contribution in [0.3, 0.4) is 0 Å². The average Bonchev–Trinajstić information content (AvgIpc) is 2.38. The van der Waals surface area contributed by atoms with Crippen molar-refractivity contribution < 1.29 is 13.3 Å². The summed E-state index contributed by atoms with van der Waals surface area (Å²) in [5.74, 6) is 0.993. The Kier molecular flexibility index (Phi) is 4.40. The van der Waals surface area contributed by atoms with Gasteiger partial charge in [0.1, 0.15) is 5.75 Å². The van der Waals surface area contributed by atoms with Crippen LogP contribution in [0.5, 0.6) is 0 Å². The molecule has 0 radical (unpaired) electrons. The SMILES string of the molecule is C[C@@H]1CCC[NH+](CCS(=O)(=O)c2ccccc2)C1. The molecule has 0 saturated carbocycles. The third-order valence-corrected chi connectivity index (χ3v) is 5.42. The molecule has 2 atom stereocenters. The largest absolute Gasteiger partial charge is 0.334 e. The minimum absolute atomic E-state index is 0.263. The van der Waals surface area contributed by atoms with Gasteiger partial charge in [-0.15, -0.1) is 0 Å². The lowest BCUT2D eigenvalue weighted by atomic mass is 10.0. The fourth-order valence-corrected chi connectivity index (χ4v) is 4.01. The van der Waals surface area contributed by atoms with Crippen LogP contribution >= 0.6 is 0 Å². The number of likely N-dealkylation sites (tertiary alicyclic amines) is 1. The lowest BCUT2D eigenvalue weighted by Crippen LogP contribution is -3.14. The molecule has 100 valence electrons. The molecule has 3 nitrogen and oxygen atoms in total. The third-order valence-electron chi connectivity index (χ3n) is 3.69. The minimum atomic E-state index is -3.10. The van der Waals surface area contributed by atoms with Crippen LogP contribution in [-0.2, 0) is 9.84 Å². The van der Waals surface area contributed by atoms with Crippen LogP contribution in [0, 0.1) is 5.92 Å². The third kappa shape index (κ3) is 3.56. The molecule has 0 aliphatic carbocycles. The van der Waals surface area contributed by atoms with E-state index in [9.17, 15) is 8.42 Å². The van der Waals surface area contributed by atoms with Gasteiger partial charge in [-0.25, -0.2) is 8.42 Å². The second kappa shape index (κ2) is 5.85. The summed E-state index contributed by atoms with van der Waals surface area (Å²) in [5.41, 5.74) is 0. The zero-order valence-electron chi connectivity index (χ0n) is 10.9. The van der Waals surface area contributed by atoms with Gasteiger partial charge in [-0.3, -0.25) is 0 Å². The molecular weight excluding hydrogens is 246 g/mol. The van der Waals surface area contributed by atoms with Crippen molar-refractivity contribution in [1.29, 1.82) is 0 Å². The summed E-state index contributed by atoms with van der Waals surface area (Å²) in [5, 5.41) is 0. The van der Waals surface area contributed by atoms with Crippen molar-refractivity contribution in [2.75, 3.05) is 25.4 Å². The van der Waals surface area contributed by atoms with Gasteiger partial charge in [-0.05, 0) is 25.0 Å². The lowest BCUT2D eigenvalue weighted by molar-refractivity contribution is -0.906. The maximum atomic E-state index is 12.1. The van der Waals surface area contributed by atoms with Crippen molar-refractivity contribution in [3.8, 4) is 0 Å². The fourth-order valence-electron chi connectivity index (χ4n) is 2.65. The first kappa shape index (κ1) is 13.6. The maximum absolute atomic E-state index is 12.1. The van der Waals surface area contributed by atoms with Crippen molar-refractivity contribution in [1.82, 2.24) is 0 Å². The van der Waals surface area contributed by atoms with Gasteiger partial charge in [0.05, 0.1) is 24.5 Å². The zero-order chi connectivity index (χ0) is 13.0. The van der Waals surface area contributed by atoms with E-state index in [-0.39, 0.29) is 5.75 Å². The van der Waals surface area contributed by atoms with E-state index in [1.165, 1.54) is 17.7 Å². The summed E-state index contributed by atoms with van der Waals surface area (Å²) in [7, 11) is -3.10. The van der Waals surface area contributed by atoms with Crippen LogP contribution in [-0.4, -0.2) is 33.8 Å². The molecule has 1 aromatic carbocycles. The highest BCUT2D eigenvalue weighted by molar-refractivity contribution is 7.91. The van der Waals surface area contributed by atoms with Gasteiger partial charge in [0.25, 0.3) is 0 Å². The van der Waals surface area contributed by atoms with Crippen molar-refractivity contribution in [3.05, 3.63) is 30.3 Å². The Morgan fingerprint density at radius 2 is 2.00 bits per heavy atom. The summed E-state index contributed by atoms with van der Waals surface area (Å²) < 4.78 is 24.3. The summed E-state index contributed by atoms with van der Waals surface area (Å²) in [6.45, 7) is 5.23. The number of rotatable bonds is 4. The van der Waals surface area contributed by atoms with E-state index in [4.69, 9.17) is 0 Å². The molecular formula is C14H22NO2S+. The lowest BCUT2D eigenvalue weighted by Gasteiger charge is -2.27. The number of quaternary nitrogens is 1. The summed E-state index contributed by atoms with van der Waals surface area (Å²) in [6, 6.07) is 8.77. The number of hydrogen-bond donors (Lipinski definition) is 1. The quantitative estimate of drug-likeness (QED) is 0.876. The van der Waals surface area contributed by atoms with Crippen molar-refractivity contribution in [2.45, 2.75) is 24.7 Å². The number of sulfone groups is 1. The highest BCUT2D eigenvalue weighted by atomic mass is 32.2. The second-order valence-electron chi connectivity index (χ2n) is 5.33. The van der Waals surface area contributed by atoms with E-state index < -0.39 is 9.84 Å². The Morgan fingerprint density at radius 3 is 2.67 bits per heavy atom. The Balaban J connectivity index is 1.93. The molecule has 1 fully saturated rings. The topological polar surface area (TPSA) is 38.6 Å². The molecule has 1 heterocycles. The second-order valence-corrected chi connectivity index (χ2v) is 7.44. The average molecular weight is 268 g/mol. The Labute approximate surface area is 110 Å². The molecule has 0 aromatic heterocycles. The van der Waals surface area contributed by atoms with E-state index in [0.29, 0.717) is 4.90 Å². The smallest absolute Gasteiger partial charge is 0.183 e. The van der Waals surface area contributed by atoms with Gasteiger partial charge in [0, 0.05) is 5.92 Å². The van der Waals surface area contributed by atoms with Gasteiger partial charge in [0.2, 0.25) is 0 Å². The zero-order valence-corrected chi connectivity index (χ0v) is 11.7. The molecule has 1 aliphatic heterocycles. The molecule has 1 unspecified atom stereocenters. The van der Waals surface area contributed by atoms with Crippen LogP contribution in [0.2, 0.25) is 0 Å². The predicted molar refractivity (Wildman–Crippen MR) is 72.5 cm³/mol. The number of hydrogen-bond acceptors (Lipinski definition) is 2. The molecule has 0 spiro atoms. The molecule has 4 heteroatoms. The van der Waals surface area contributed by atoms with E-state index in [1.54, 1.807) is 24.3 Å². The Bertz CT molecular complexity index is 470. The van der Waals surface area contributed by atoms with Crippen LogP contribution in [0.25, 0.3) is 0 Å². The first-order valence-electron chi connectivity index (χ1n) is 6.69. The molecule has 2 rings (SSSR count). The van der Waals surface area contributed by atoms with E-state index >= 15 is 0 Å². The summed E-state index contributed by atoms with van der Waals surface area (Å²) in [4.78, 5) is 1.89. The van der Waals surface area contributed by atoms with Crippen molar-refractivity contribution in [2.24, 2.45) is 5.92 Å². The monoisotopic (exact) mass is 268 g/mol. The molecule has 18 heavy (non-hydrogen) atoms. The van der Waals surface area contributed by atoms with Crippen LogP contribution < -0.4 is 4.90 Å². The van der Waals surface area contributed by atoms with Crippen molar-refractivity contribution in [3.63, 3.8) is 0 Å². The molecule has 1 aromatic rings. The van der Waals surface area contributed by atoms with Gasteiger partial charge < -0.3 is 4.90 Å². The van der Waals surface area contributed by atoms with Crippen LogP contribution in [0.15, 0.2) is 35.2 Å². The first-order chi connectivity index (χ1) is 8.58. The Hall–Kier alpha value is -0.870. The Morgan fingerprint density at radius 1 is 1.28 bits per heavy atom. The highest BCUT2D eigenvalue weighted by Crippen LogP contribution is 2.09. The normalized spacial score (nSPS) is 24.9. The number of nitrogens with one attached hydrogen (secondary N) is 1. The first-order valence-corrected chi connectivity index (χ1v) is 8.34.